The standard InChI is InChI=1S/C19H18N6O2S/c26-28(27,17-12-22-19-14(17)4-3-7-20-19)25-10-8-24(9-11-25)18-13-21-15-5-1-2-6-16(15)23-18/h1-7,12-13H,8-11H2,(H,20,22). The zero-order chi connectivity index (χ0) is 19.1. The molecule has 0 bridgehead atoms. The van der Waals surface area contributed by atoms with Crippen LogP contribution in [0.15, 0.2) is 59.9 Å². The van der Waals surface area contributed by atoms with Crippen LogP contribution in [0.25, 0.3) is 22.1 Å². The number of benzene rings is 1. The molecule has 28 heavy (non-hydrogen) atoms. The second-order valence-electron chi connectivity index (χ2n) is 6.66. The molecule has 0 radical (unpaired) electrons. The first-order valence-corrected chi connectivity index (χ1v) is 10.5. The van der Waals surface area contributed by atoms with Gasteiger partial charge in [0.25, 0.3) is 0 Å². The van der Waals surface area contributed by atoms with Crippen LogP contribution < -0.4 is 4.90 Å². The maximum absolute atomic E-state index is 13.1. The molecule has 0 unspecified atom stereocenters. The number of fused-ring (bicyclic) bond motifs is 2. The molecule has 142 valence electrons. The lowest BCUT2D eigenvalue weighted by Crippen LogP contribution is -2.48. The number of nitrogens with one attached hydrogen (secondary N) is 1. The lowest BCUT2D eigenvalue weighted by molar-refractivity contribution is 0.384. The Labute approximate surface area is 161 Å². The largest absolute Gasteiger partial charge is 0.353 e. The summed E-state index contributed by atoms with van der Waals surface area (Å²) in [6.45, 7) is 1.91. The van der Waals surface area contributed by atoms with E-state index in [-0.39, 0.29) is 4.90 Å². The molecular formula is C19H18N6O2S. The third-order valence-corrected chi connectivity index (χ3v) is 6.97. The van der Waals surface area contributed by atoms with Crippen molar-refractivity contribution >= 4 is 37.9 Å². The van der Waals surface area contributed by atoms with Crippen molar-refractivity contribution in [2.75, 3.05) is 31.1 Å². The Kier molecular flexibility index (Phi) is 3.99. The van der Waals surface area contributed by atoms with Crippen molar-refractivity contribution in [2.45, 2.75) is 4.90 Å². The number of rotatable bonds is 3. The maximum Gasteiger partial charge on any atom is 0.245 e. The van der Waals surface area contributed by atoms with Crippen LogP contribution in [-0.2, 0) is 10.0 Å². The minimum absolute atomic E-state index is 0.273. The summed E-state index contributed by atoms with van der Waals surface area (Å²) in [6, 6.07) is 11.2. The summed E-state index contributed by atoms with van der Waals surface area (Å²) in [5, 5.41) is 0.616. The fraction of sp³-hybridized carbons (Fsp3) is 0.211. The van der Waals surface area contributed by atoms with Crippen molar-refractivity contribution < 1.29 is 8.42 Å². The van der Waals surface area contributed by atoms with Gasteiger partial charge in [-0.15, -0.1) is 0 Å². The number of para-hydroxylation sites is 2. The molecule has 1 aliphatic heterocycles. The molecular weight excluding hydrogens is 376 g/mol. The summed E-state index contributed by atoms with van der Waals surface area (Å²) in [5.41, 5.74) is 2.26. The Morgan fingerprint density at radius 3 is 2.54 bits per heavy atom. The quantitative estimate of drug-likeness (QED) is 0.571. The number of nitrogens with zero attached hydrogens (tertiary/aromatic N) is 5. The number of piperazine rings is 1. The normalized spacial score (nSPS) is 16.1. The molecule has 0 amide bonds. The van der Waals surface area contributed by atoms with Crippen molar-refractivity contribution in [3.05, 3.63) is 55.0 Å². The van der Waals surface area contributed by atoms with Gasteiger partial charge in [-0.05, 0) is 24.3 Å². The van der Waals surface area contributed by atoms with E-state index in [4.69, 9.17) is 0 Å². The van der Waals surface area contributed by atoms with Gasteiger partial charge < -0.3 is 9.88 Å². The van der Waals surface area contributed by atoms with Crippen LogP contribution in [0, 0.1) is 0 Å². The summed E-state index contributed by atoms with van der Waals surface area (Å²) in [5.74, 6) is 0.770. The van der Waals surface area contributed by atoms with Crippen LogP contribution in [0.2, 0.25) is 0 Å². The zero-order valence-electron chi connectivity index (χ0n) is 15.0. The van der Waals surface area contributed by atoms with Gasteiger partial charge in [-0.3, -0.25) is 4.98 Å². The van der Waals surface area contributed by atoms with Crippen molar-refractivity contribution in [3.8, 4) is 0 Å². The highest BCUT2D eigenvalue weighted by atomic mass is 32.2. The lowest BCUT2D eigenvalue weighted by Gasteiger charge is -2.34. The molecule has 1 N–H and O–H groups in total. The molecule has 9 heteroatoms. The Balaban J connectivity index is 1.37. The van der Waals surface area contributed by atoms with E-state index in [1.807, 2.05) is 24.3 Å². The molecule has 1 fully saturated rings. The second-order valence-corrected chi connectivity index (χ2v) is 8.57. The third kappa shape index (κ3) is 2.79. The molecule has 0 atom stereocenters. The second kappa shape index (κ2) is 6.54. The Bertz CT molecular complexity index is 1260. The number of hydrogen-bond acceptors (Lipinski definition) is 6. The highest BCUT2D eigenvalue weighted by Gasteiger charge is 2.31. The SMILES string of the molecule is O=S(=O)(c1c[nH]c2ncccc12)N1CCN(c2cnc3ccccc3n2)CC1. The van der Waals surface area contributed by atoms with Crippen molar-refractivity contribution in [1.82, 2.24) is 24.2 Å². The zero-order valence-corrected chi connectivity index (χ0v) is 15.8. The number of H-pyrrole nitrogens is 1. The highest BCUT2D eigenvalue weighted by molar-refractivity contribution is 7.89. The minimum atomic E-state index is -3.59. The van der Waals surface area contributed by atoms with E-state index in [9.17, 15) is 8.42 Å². The Hall–Kier alpha value is -3.04. The number of hydrogen-bond donors (Lipinski definition) is 1. The van der Waals surface area contributed by atoms with Crippen LogP contribution in [0.5, 0.6) is 0 Å². The van der Waals surface area contributed by atoms with E-state index < -0.39 is 10.0 Å². The van der Waals surface area contributed by atoms with Gasteiger partial charge in [0.1, 0.15) is 16.4 Å². The van der Waals surface area contributed by atoms with Gasteiger partial charge in [-0.1, -0.05) is 12.1 Å². The number of sulfonamides is 1. The summed E-state index contributed by atoms with van der Waals surface area (Å²) in [7, 11) is -3.59. The number of aromatic nitrogens is 4. The van der Waals surface area contributed by atoms with Crippen LogP contribution >= 0.6 is 0 Å². The molecule has 0 saturated carbocycles. The van der Waals surface area contributed by atoms with Gasteiger partial charge in [-0.2, -0.15) is 4.31 Å². The van der Waals surface area contributed by atoms with Crippen molar-refractivity contribution in [3.63, 3.8) is 0 Å². The highest BCUT2D eigenvalue weighted by Crippen LogP contribution is 2.26. The first-order chi connectivity index (χ1) is 13.6. The lowest BCUT2D eigenvalue weighted by atomic mass is 10.3. The van der Waals surface area contributed by atoms with Crippen LogP contribution in [0.3, 0.4) is 0 Å². The molecule has 1 aromatic carbocycles. The first kappa shape index (κ1) is 17.1. The minimum Gasteiger partial charge on any atom is -0.353 e. The average molecular weight is 394 g/mol. The summed E-state index contributed by atoms with van der Waals surface area (Å²) in [4.78, 5) is 18.6. The van der Waals surface area contributed by atoms with Gasteiger partial charge in [0.15, 0.2) is 0 Å². The topological polar surface area (TPSA) is 95.1 Å². The van der Waals surface area contributed by atoms with Gasteiger partial charge in [-0.25, -0.2) is 18.4 Å². The third-order valence-electron chi connectivity index (χ3n) is 5.03. The Morgan fingerprint density at radius 1 is 0.929 bits per heavy atom. The monoisotopic (exact) mass is 394 g/mol. The molecule has 8 nitrogen and oxygen atoms in total. The van der Waals surface area contributed by atoms with Crippen LogP contribution in [0.4, 0.5) is 5.82 Å². The molecule has 0 aliphatic carbocycles. The van der Waals surface area contributed by atoms with E-state index in [0.29, 0.717) is 37.2 Å². The van der Waals surface area contributed by atoms with Gasteiger partial charge in [0.2, 0.25) is 10.0 Å². The summed E-state index contributed by atoms with van der Waals surface area (Å²) < 4.78 is 27.7. The molecule has 4 heterocycles. The maximum atomic E-state index is 13.1. The summed E-state index contributed by atoms with van der Waals surface area (Å²) in [6.07, 6.45) is 4.91. The van der Waals surface area contributed by atoms with E-state index in [0.717, 1.165) is 16.9 Å². The fourth-order valence-electron chi connectivity index (χ4n) is 3.54. The summed E-state index contributed by atoms with van der Waals surface area (Å²) >= 11 is 0. The van der Waals surface area contributed by atoms with Gasteiger partial charge in [0, 0.05) is 44.0 Å². The molecule has 0 spiro atoms. The predicted octanol–water partition coefficient (Wildman–Crippen LogP) is 2.02. The van der Waals surface area contributed by atoms with Crippen molar-refractivity contribution in [1.29, 1.82) is 0 Å². The molecule has 1 aliphatic rings. The number of pyridine rings is 1. The van der Waals surface area contributed by atoms with E-state index in [2.05, 4.69) is 24.8 Å². The predicted molar refractivity (Wildman–Crippen MR) is 107 cm³/mol. The van der Waals surface area contributed by atoms with Crippen LogP contribution in [0.1, 0.15) is 0 Å². The van der Waals surface area contributed by atoms with E-state index >= 15 is 0 Å². The fourth-order valence-corrected chi connectivity index (χ4v) is 5.11. The van der Waals surface area contributed by atoms with Crippen LogP contribution in [-0.4, -0.2) is 58.8 Å². The number of anilines is 1. The van der Waals surface area contributed by atoms with E-state index in [1.165, 1.54) is 10.5 Å². The average Bonchev–Trinajstić information content (AvgIpc) is 3.18. The Morgan fingerprint density at radius 2 is 1.71 bits per heavy atom. The van der Waals surface area contributed by atoms with E-state index in [1.54, 1.807) is 24.5 Å². The van der Waals surface area contributed by atoms with Crippen molar-refractivity contribution in [2.24, 2.45) is 0 Å². The molecule has 3 aromatic heterocycles. The first-order valence-electron chi connectivity index (χ1n) is 9.02. The molecule has 1 saturated heterocycles. The van der Waals surface area contributed by atoms with Gasteiger partial charge >= 0.3 is 0 Å². The molecule has 4 aromatic rings. The molecule has 5 rings (SSSR count). The smallest absolute Gasteiger partial charge is 0.245 e. The number of aromatic amines is 1. The van der Waals surface area contributed by atoms with Gasteiger partial charge in [0.05, 0.1) is 17.2 Å².